The molecule has 2 aromatic heterocycles. The molecule has 0 aliphatic rings. The highest BCUT2D eigenvalue weighted by atomic mass is 79.9. The number of rotatable bonds is 6. The number of aromatic nitrogens is 2. The van der Waals surface area contributed by atoms with Crippen molar-refractivity contribution in [2.45, 2.75) is 12.7 Å². The molecule has 5 nitrogen and oxygen atoms in total. The van der Waals surface area contributed by atoms with E-state index >= 15 is 0 Å². The number of aliphatic hydroxyl groups is 1. The van der Waals surface area contributed by atoms with Gasteiger partial charge in [-0.15, -0.1) is 10.2 Å². The van der Waals surface area contributed by atoms with Crippen molar-refractivity contribution in [2.24, 2.45) is 5.92 Å². The van der Waals surface area contributed by atoms with Crippen molar-refractivity contribution in [1.82, 2.24) is 10.2 Å². The summed E-state index contributed by atoms with van der Waals surface area (Å²) in [4.78, 5) is 0. The maximum atomic E-state index is 8.91. The minimum Gasteiger partial charge on any atom is -0.444 e. The van der Waals surface area contributed by atoms with Crippen LogP contribution in [0.4, 0.5) is 0 Å². The van der Waals surface area contributed by atoms with Crippen molar-refractivity contribution in [2.75, 3.05) is 12.4 Å². The molecule has 0 spiro atoms. The second-order valence-corrected chi connectivity index (χ2v) is 5.72. The average Bonchev–Trinajstić information content (AvgIpc) is 2.97. The van der Waals surface area contributed by atoms with Gasteiger partial charge in [0.05, 0.1) is 5.75 Å². The zero-order valence-corrected chi connectivity index (χ0v) is 12.2. The molecule has 1 atom stereocenters. The van der Waals surface area contributed by atoms with Crippen LogP contribution in [0.5, 0.6) is 0 Å². The smallest absolute Gasteiger partial charge is 0.283 e. The molecule has 18 heavy (non-hydrogen) atoms. The molecule has 0 radical (unpaired) electrons. The van der Waals surface area contributed by atoms with Crippen molar-refractivity contribution in [1.29, 1.82) is 0 Å². The number of hydrogen-bond acceptors (Lipinski definition) is 6. The van der Waals surface area contributed by atoms with Gasteiger partial charge in [0, 0.05) is 6.61 Å². The van der Waals surface area contributed by atoms with Crippen LogP contribution in [0, 0.1) is 5.92 Å². The fraction of sp³-hybridized carbons (Fsp3) is 0.455. The first-order valence-electron chi connectivity index (χ1n) is 5.45. The van der Waals surface area contributed by atoms with Gasteiger partial charge in [-0.3, -0.25) is 0 Å². The Labute approximate surface area is 117 Å². The van der Waals surface area contributed by atoms with Crippen molar-refractivity contribution >= 4 is 27.7 Å². The molecule has 0 amide bonds. The number of halogens is 1. The Kier molecular flexibility index (Phi) is 4.85. The van der Waals surface area contributed by atoms with Gasteiger partial charge in [-0.1, -0.05) is 6.92 Å². The van der Waals surface area contributed by atoms with Gasteiger partial charge in [0.15, 0.2) is 10.4 Å². The van der Waals surface area contributed by atoms with E-state index in [1.54, 1.807) is 23.9 Å². The SMILES string of the molecule is CC(CO)CSCc1nnc(-c2ccc(Br)o2)o1. The molecule has 98 valence electrons. The highest BCUT2D eigenvalue weighted by Gasteiger charge is 2.12. The summed E-state index contributed by atoms with van der Waals surface area (Å²) in [6.07, 6.45) is 0. The summed E-state index contributed by atoms with van der Waals surface area (Å²) in [6.45, 7) is 2.19. The van der Waals surface area contributed by atoms with Crippen LogP contribution in [0.25, 0.3) is 11.7 Å². The second kappa shape index (κ2) is 6.40. The molecule has 0 bridgehead atoms. The van der Waals surface area contributed by atoms with Crippen LogP contribution in [0.1, 0.15) is 12.8 Å². The van der Waals surface area contributed by atoms with Gasteiger partial charge in [-0.05, 0) is 39.7 Å². The van der Waals surface area contributed by atoms with E-state index in [2.05, 4.69) is 26.1 Å². The lowest BCUT2D eigenvalue weighted by atomic mass is 10.2. The summed E-state index contributed by atoms with van der Waals surface area (Å²) in [7, 11) is 0. The molecule has 2 aromatic rings. The predicted octanol–water partition coefficient (Wildman–Crippen LogP) is 2.95. The lowest BCUT2D eigenvalue weighted by Gasteiger charge is -2.04. The van der Waals surface area contributed by atoms with Gasteiger partial charge in [0.25, 0.3) is 5.89 Å². The number of furan rings is 1. The van der Waals surface area contributed by atoms with Crippen LogP contribution in [-0.4, -0.2) is 27.7 Å². The highest BCUT2D eigenvalue weighted by Crippen LogP contribution is 2.24. The Morgan fingerprint density at radius 1 is 1.39 bits per heavy atom. The first kappa shape index (κ1) is 13.6. The molecule has 7 heteroatoms. The quantitative estimate of drug-likeness (QED) is 0.876. The lowest BCUT2D eigenvalue weighted by Crippen LogP contribution is -2.03. The van der Waals surface area contributed by atoms with E-state index in [9.17, 15) is 0 Å². The summed E-state index contributed by atoms with van der Waals surface area (Å²) in [5.41, 5.74) is 0. The standard InChI is InChI=1S/C11H13BrN2O3S/c1-7(4-15)5-18-6-10-13-14-11(17-10)8-2-3-9(12)16-8/h2-3,7,15H,4-6H2,1H3. The maximum Gasteiger partial charge on any atom is 0.283 e. The van der Waals surface area contributed by atoms with Crippen LogP contribution in [-0.2, 0) is 5.75 Å². The molecule has 0 fully saturated rings. The molecule has 2 rings (SSSR count). The molecule has 1 unspecified atom stereocenters. The Balaban J connectivity index is 1.90. The maximum absolute atomic E-state index is 8.91. The normalized spacial score (nSPS) is 12.8. The molecule has 0 aliphatic carbocycles. The van der Waals surface area contributed by atoms with Crippen molar-refractivity contribution in [3.8, 4) is 11.7 Å². The van der Waals surface area contributed by atoms with Gasteiger partial charge >= 0.3 is 0 Å². The lowest BCUT2D eigenvalue weighted by molar-refractivity contribution is 0.250. The van der Waals surface area contributed by atoms with E-state index in [-0.39, 0.29) is 12.5 Å². The van der Waals surface area contributed by atoms with Gasteiger partial charge in [-0.25, -0.2) is 0 Å². The largest absolute Gasteiger partial charge is 0.444 e. The van der Waals surface area contributed by atoms with E-state index in [0.29, 0.717) is 28.0 Å². The van der Waals surface area contributed by atoms with Crippen molar-refractivity contribution in [3.63, 3.8) is 0 Å². The second-order valence-electron chi connectivity index (χ2n) is 3.91. The molecule has 0 aliphatic heterocycles. The third-order valence-electron chi connectivity index (χ3n) is 2.19. The molecule has 2 heterocycles. The van der Waals surface area contributed by atoms with Gasteiger partial charge in [0.2, 0.25) is 5.89 Å². The van der Waals surface area contributed by atoms with Crippen LogP contribution >= 0.6 is 27.7 Å². The summed E-state index contributed by atoms with van der Waals surface area (Å²) in [5, 5.41) is 16.8. The van der Waals surface area contributed by atoms with Crippen LogP contribution < -0.4 is 0 Å². The van der Waals surface area contributed by atoms with Gasteiger partial charge in [-0.2, -0.15) is 11.8 Å². The topological polar surface area (TPSA) is 72.3 Å². The molecular formula is C11H13BrN2O3S. The summed E-state index contributed by atoms with van der Waals surface area (Å²) < 4.78 is 11.4. The zero-order chi connectivity index (χ0) is 13.0. The minimum atomic E-state index is 0.197. The minimum absolute atomic E-state index is 0.197. The first-order chi connectivity index (χ1) is 8.69. The van der Waals surface area contributed by atoms with Crippen LogP contribution in [0.3, 0.4) is 0 Å². The third-order valence-corrected chi connectivity index (χ3v) is 3.87. The summed E-state index contributed by atoms with van der Waals surface area (Å²) in [5.74, 6) is 3.27. The number of thioether (sulfide) groups is 1. The molecule has 0 saturated carbocycles. The third kappa shape index (κ3) is 3.60. The summed E-state index contributed by atoms with van der Waals surface area (Å²) in [6, 6.07) is 3.54. The van der Waals surface area contributed by atoms with Crippen molar-refractivity contribution in [3.05, 3.63) is 22.7 Å². The van der Waals surface area contributed by atoms with E-state index in [1.807, 2.05) is 6.92 Å². The number of nitrogens with zero attached hydrogens (tertiary/aromatic N) is 2. The van der Waals surface area contributed by atoms with Crippen LogP contribution in [0.2, 0.25) is 0 Å². The monoisotopic (exact) mass is 332 g/mol. The van der Waals surface area contributed by atoms with Crippen molar-refractivity contribution < 1.29 is 13.9 Å². The molecule has 1 N–H and O–H groups in total. The fourth-order valence-corrected chi connectivity index (χ4v) is 2.46. The number of aliphatic hydroxyl groups excluding tert-OH is 1. The number of hydrogen-bond donors (Lipinski definition) is 1. The Bertz CT molecular complexity index is 500. The average molecular weight is 333 g/mol. The zero-order valence-electron chi connectivity index (χ0n) is 9.80. The predicted molar refractivity (Wildman–Crippen MR) is 72.1 cm³/mol. The van der Waals surface area contributed by atoms with Crippen LogP contribution in [0.15, 0.2) is 25.6 Å². The Morgan fingerprint density at radius 2 is 2.22 bits per heavy atom. The summed E-state index contributed by atoms with van der Waals surface area (Å²) >= 11 is 4.87. The van der Waals surface area contributed by atoms with Gasteiger partial charge in [0.1, 0.15) is 0 Å². The highest BCUT2D eigenvalue weighted by molar-refractivity contribution is 9.10. The molecule has 0 aromatic carbocycles. The van der Waals surface area contributed by atoms with E-state index in [0.717, 1.165) is 5.75 Å². The first-order valence-corrected chi connectivity index (χ1v) is 7.40. The Morgan fingerprint density at radius 3 is 2.89 bits per heavy atom. The van der Waals surface area contributed by atoms with Gasteiger partial charge < -0.3 is 13.9 Å². The Hall–Kier alpha value is -0.790. The molecular weight excluding hydrogens is 320 g/mol. The van der Waals surface area contributed by atoms with E-state index < -0.39 is 0 Å². The van der Waals surface area contributed by atoms with E-state index in [1.165, 1.54) is 0 Å². The van der Waals surface area contributed by atoms with E-state index in [4.69, 9.17) is 13.9 Å². The molecule has 0 saturated heterocycles. The fourth-order valence-electron chi connectivity index (χ4n) is 1.24.